The van der Waals surface area contributed by atoms with E-state index in [2.05, 4.69) is 20.9 Å². The molecule has 1 amide bonds. The van der Waals surface area contributed by atoms with Crippen LogP contribution in [0.1, 0.15) is 37.6 Å². The number of hydroxylamine groups is 1. The number of benzene rings is 1. The first kappa shape index (κ1) is 24.3. The number of carbonyl (C=O) groups excluding carboxylic acids is 2. The van der Waals surface area contributed by atoms with E-state index in [9.17, 15) is 9.59 Å². The fraction of sp³-hybridized carbons (Fsp3) is 0.308. The Kier molecular flexibility index (Phi) is 6.44. The summed E-state index contributed by atoms with van der Waals surface area (Å²) < 4.78 is 6.58. The number of hydrogen-bond donors (Lipinski definition) is 2. The smallest absolute Gasteiger partial charge is 0.277 e. The molecule has 4 heterocycles. The van der Waals surface area contributed by atoms with Crippen LogP contribution in [0.3, 0.4) is 0 Å². The summed E-state index contributed by atoms with van der Waals surface area (Å²) in [7, 11) is 1.87. The van der Waals surface area contributed by atoms with Crippen molar-refractivity contribution in [2.45, 2.75) is 19.4 Å². The number of rotatable bonds is 6. The van der Waals surface area contributed by atoms with Gasteiger partial charge >= 0.3 is 0 Å². The van der Waals surface area contributed by atoms with Gasteiger partial charge in [0.15, 0.2) is 17.4 Å². The van der Waals surface area contributed by atoms with Crippen molar-refractivity contribution in [2.75, 3.05) is 43.2 Å². The number of ketones is 1. The van der Waals surface area contributed by atoms with Crippen LogP contribution in [-0.2, 0) is 17.7 Å². The number of fused-ring (bicyclic) bond motifs is 2. The maximum atomic E-state index is 12.4. The van der Waals surface area contributed by atoms with Crippen LogP contribution in [0.15, 0.2) is 36.7 Å². The number of carbonyl (C=O) groups is 2. The lowest BCUT2D eigenvalue weighted by molar-refractivity contribution is 0.0705. The molecule has 1 aliphatic carbocycles. The summed E-state index contributed by atoms with van der Waals surface area (Å²) >= 11 is 1.63. The molecule has 0 radical (unpaired) electrons. The van der Waals surface area contributed by atoms with E-state index in [1.807, 2.05) is 30.1 Å². The maximum absolute atomic E-state index is 12.4. The number of anilines is 2. The molecule has 1 saturated heterocycles. The van der Waals surface area contributed by atoms with Gasteiger partial charge in [-0.2, -0.15) is 0 Å². The number of aromatic nitrogens is 4. The monoisotopic (exact) mass is 531 g/mol. The topological polar surface area (TPSA) is 134 Å². The van der Waals surface area contributed by atoms with E-state index in [1.54, 1.807) is 16.8 Å². The van der Waals surface area contributed by atoms with Crippen molar-refractivity contribution in [3.8, 4) is 11.4 Å². The number of ether oxygens (including phenoxy) is 1. The molecule has 194 valence electrons. The molecule has 0 atom stereocenters. The third kappa shape index (κ3) is 4.46. The van der Waals surface area contributed by atoms with Crippen molar-refractivity contribution in [3.63, 3.8) is 0 Å². The zero-order chi connectivity index (χ0) is 26.2. The first-order chi connectivity index (χ1) is 18.5. The SMILES string of the molecule is CN(Cc1cc2nc(-c3cccc4c3CCC4=O)nc(N3CCOCC3)c2s1)c1ncc(C(=O)NO)cn1. The molecular weight excluding hydrogens is 506 g/mol. The summed E-state index contributed by atoms with van der Waals surface area (Å²) in [5, 5.41) is 8.80. The lowest BCUT2D eigenvalue weighted by Crippen LogP contribution is -2.36. The first-order valence-corrected chi connectivity index (χ1v) is 13.1. The zero-order valence-corrected chi connectivity index (χ0v) is 21.5. The highest BCUT2D eigenvalue weighted by molar-refractivity contribution is 7.19. The van der Waals surface area contributed by atoms with Gasteiger partial charge < -0.3 is 14.5 Å². The maximum Gasteiger partial charge on any atom is 0.277 e. The van der Waals surface area contributed by atoms with Crippen molar-refractivity contribution in [1.82, 2.24) is 25.4 Å². The minimum atomic E-state index is -0.665. The Morgan fingerprint density at radius 1 is 1.16 bits per heavy atom. The molecule has 11 nitrogen and oxygen atoms in total. The minimum Gasteiger partial charge on any atom is -0.378 e. The van der Waals surface area contributed by atoms with Crippen LogP contribution in [0.4, 0.5) is 11.8 Å². The van der Waals surface area contributed by atoms with E-state index in [1.165, 1.54) is 12.4 Å². The summed E-state index contributed by atoms with van der Waals surface area (Å²) in [5.74, 6) is 1.46. The van der Waals surface area contributed by atoms with Crippen LogP contribution in [-0.4, -0.2) is 70.2 Å². The van der Waals surface area contributed by atoms with Crippen molar-refractivity contribution in [3.05, 3.63) is 58.2 Å². The molecule has 6 rings (SSSR count). The van der Waals surface area contributed by atoms with Crippen molar-refractivity contribution in [1.29, 1.82) is 0 Å². The van der Waals surface area contributed by atoms with Gasteiger partial charge in [-0.15, -0.1) is 11.3 Å². The molecule has 2 aliphatic rings. The second kappa shape index (κ2) is 10.0. The highest BCUT2D eigenvalue weighted by Gasteiger charge is 2.26. The van der Waals surface area contributed by atoms with Gasteiger partial charge in [-0.1, -0.05) is 18.2 Å². The quantitative estimate of drug-likeness (QED) is 0.283. The van der Waals surface area contributed by atoms with Gasteiger partial charge in [0, 0.05) is 55.0 Å². The summed E-state index contributed by atoms with van der Waals surface area (Å²) in [6.07, 6.45) is 3.96. The lowest BCUT2D eigenvalue weighted by Gasteiger charge is -2.28. The van der Waals surface area contributed by atoms with E-state index >= 15 is 0 Å². The van der Waals surface area contributed by atoms with Gasteiger partial charge in [0.2, 0.25) is 5.95 Å². The highest BCUT2D eigenvalue weighted by atomic mass is 32.1. The Morgan fingerprint density at radius 3 is 2.68 bits per heavy atom. The molecule has 0 unspecified atom stereocenters. The molecular formula is C26H25N7O4S. The number of thiophene rings is 1. The second-order valence-electron chi connectivity index (χ2n) is 9.22. The van der Waals surface area contributed by atoms with Gasteiger partial charge in [0.05, 0.1) is 35.5 Å². The molecule has 4 aromatic rings. The summed E-state index contributed by atoms with van der Waals surface area (Å²) in [4.78, 5) is 47.6. The molecule has 3 aromatic heterocycles. The largest absolute Gasteiger partial charge is 0.378 e. The predicted molar refractivity (Wildman–Crippen MR) is 142 cm³/mol. The Balaban J connectivity index is 1.37. The van der Waals surface area contributed by atoms with Crippen molar-refractivity contribution < 1.29 is 19.5 Å². The van der Waals surface area contributed by atoms with E-state index in [0.717, 1.165) is 50.7 Å². The predicted octanol–water partition coefficient (Wildman–Crippen LogP) is 2.87. The zero-order valence-electron chi connectivity index (χ0n) is 20.7. The molecule has 2 N–H and O–H groups in total. The number of hydrogen-bond acceptors (Lipinski definition) is 11. The summed E-state index contributed by atoms with van der Waals surface area (Å²) in [6.45, 7) is 3.29. The van der Waals surface area contributed by atoms with E-state index in [4.69, 9.17) is 19.9 Å². The molecule has 0 saturated carbocycles. The highest BCUT2D eigenvalue weighted by Crippen LogP contribution is 2.37. The molecule has 1 aromatic carbocycles. The normalized spacial score (nSPS) is 15.1. The molecule has 1 aliphatic heterocycles. The van der Waals surface area contributed by atoms with Crippen LogP contribution in [0, 0.1) is 0 Å². The van der Waals surface area contributed by atoms with Crippen LogP contribution >= 0.6 is 11.3 Å². The van der Waals surface area contributed by atoms with E-state index in [-0.39, 0.29) is 11.3 Å². The fourth-order valence-corrected chi connectivity index (χ4v) is 6.02. The van der Waals surface area contributed by atoms with Gasteiger partial charge in [-0.3, -0.25) is 14.8 Å². The Morgan fingerprint density at radius 2 is 1.92 bits per heavy atom. The summed E-state index contributed by atoms with van der Waals surface area (Å²) in [5.41, 5.74) is 5.30. The standard InChI is InChI=1S/C26H25N7O4S/c1-32(26-27-12-15(13-28-26)25(35)31-36)14-16-11-20-22(38-16)24(33-7-9-37-10-8-33)30-23(29-20)19-4-2-3-18-17(19)5-6-21(18)34/h2-4,11-13,36H,5-10,14H2,1H3,(H,31,35). The van der Waals surface area contributed by atoms with Gasteiger partial charge in [0.25, 0.3) is 5.91 Å². The van der Waals surface area contributed by atoms with E-state index < -0.39 is 5.91 Å². The van der Waals surface area contributed by atoms with Crippen LogP contribution in [0.25, 0.3) is 21.6 Å². The average molecular weight is 532 g/mol. The van der Waals surface area contributed by atoms with Crippen molar-refractivity contribution in [2.24, 2.45) is 0 Å². The Labute approximate surface area is 222 Å². The molecule has 12 heteroatoms. The molecule has 0 spiro atoms. The minimum absolute atomic E-state index is 0.165. The Hall–Kier alpha value is -4.00. The van der Waals surface area contributed by atoms with Crippen LogP contribution in [0.2, 0.25) is 0 Å². The van der Waals surface area contributed by atoms with Crippen LogP contribution < -0.4 is 15.3 Å². The first-order valence-electron chi connectivity index (χ1n) is 12.3. The van der Waals surface area contributed by atoms with Gasteiger partial charge in [-0.25, -0.2) is 25.4 Å². The molecule has 38 heavy (non-hydrogen) atoms. The van der Waals surface area contributed by atoms with E-state index in [0.29, 0.717) is 44.4 Å². The Bertz CT molecular complexity index is 1530. The lowest BCUT2D eigenvalue weighted by atomic mass is 10.0. The fourth-order valence-electron chi connectivity index (χ4n) is 4.86. The number of nitrogens with one attached hydrogen (secondary N) is 1. The number of Topliss-reactive ketones (excluding diaryl/α,β-unsaturated/α-hetero) is 1. The number of morpholine rings is 1. The third-order valence-corrected chi connectivity index (χ3v) is 7.88. The number of amides is 1. The molecule has 1 fully saturated rings. The number of nitrogens with zero attached hydrogens (tertiary/aromatic N) is 6. The summed E-state index contributed by atoms with van der Waals surface area (Å²) in [6, 6.07) is 7.86. The van der Waals surface area contributed by atoms with Gasteiger partial charge in [0.1, 0.15) is 0 Å². The van der Waals surface area contributed by atoms with Crippen molar-refractivity contribution >= 4 is 45.0 Å². The van der Waals surface area contributed by atoms with Crippen LogP contribution in [0.5, 0.6) is 0 Å². The molecule has 0 bridgehead atoms. The third-order valence-electron chi connectivity index (χ3n) is 6.77. The van der Waals surface area contributed by atoms with Gasteiger partial charge in [-0.05, 0) is 18.1 Å². The second-order valence-corrected chi connectivity index (χ2v) is 10.4. The average Bonchev–Trinajstić information content (AvgIpc) is 3.55.